The zero-order chi connectivity index (χ0) is 14.2. The standard InChI is InChI=1S/C14H21N3O3/c1-19-14-12(3-2-7-16-14)17-13(18)6-10-20-11-4-8-15-9-5-11/h2-3,7,11,15H,4-6,8-10H2,1H3,(H,17,18). The summed E-state index contributed by atoms with van der Waals surface area (Å²) in [6, 6.07) is 3.51. The van der Waals surface area contributed by atoms with Gasteiger partial charge in [0.25, 0.3) is 0 Å². The normalized spacial score (nSPS) is 15.8. The summed E-state index contributed by atoms with van der Waals surface area (Å²) in [7, 11) is 1.53. The molecule has 1 aliphatic rings. The van der Waals surface area contributed by atoms with Gasteiger partial charge in [-0.15, -0.1) is 0 Å². The Morgan fingerprint density at radius 2 is 2.30 bits per heavy atom. The van der Waals surface area contributed by atoms with Crippen LogP contribution in [0.4, 0.5) is 5.69 Å². The fraction of sp³-hybridized carbons (Fsp3) is 0.571. The predicted octanol–water partition coefficient (Wildman–Crippen LogP) is 1.19. The van der Waals surface area contributed by atoms with Crippen LogP contribution in [0.5, 0.6) is 5.88 Å². The third-order valence-corrected chi connectivity index (χ3v) is 3.21. The molecule has 1 aromatic rings. The summed E-state index contributed by atoms with van der Waals surface area (Å²) in [6.45, 7) is 2.42. The van der Waals surface area contributed by atoms with Crippen molar-refractivity contribution in [2.24, 2.45) is 0 Å². The fourth-order valence-corrected chi connectivity index (χ4v) is 2.14. The molecule has 0 aliphatic carbocycles. The molecule has 1 saturated heterocycles. The van der Waals surface area contributed by atoms with Gasteiger partial charge in [-0.05, 0) is 38.1 Å². The summed E-state index contributed by atoms with van der Waals surface area (Å²) in [5.41, 5.74) is 0.585. The van der Waals surface area contributed by atoms with E-state index >= 15 is 0 Å². The minimum atomic E-state index is -0.0924. The molecule has 0 bridgehead atoms. The lowest BCUT2D eigenvalue weighted by molar-refractivity contribution is -0.117. The number of carbonyl (C=O) groups excluding carboxylic acids is 1. The highest BCUT2D eigenvalue weighted by Gasteiger charge is 2.14. The molecular weight excluding hydrogens is 258 g/mol. The molecule has 2 heterocycles. The van der Waals surface area contributed by atoms with Gasteiger partial charge >= 0.3 is 0 Å². The van der Waals surface area contributed by atoms with Crippen LogP contribution in [0, 0.1) is 0 Å². The highest BCUT2D eigenvalue weighted by Crippen LogP contribution is 2.19. The molecule has 20 heavy (non-hydrogen) atoms. The Hall–Kier alpha value is -1.66. The number of ether oxygens (including phenoxy) is 2. The van der Waals surface area contributed by atoms with Crippen LogP contribution in [0.2, 0.25) is 0 Å². The van der Waals surface area contributed by atoms with Gasteiger partial charge in [-0.2, -0.15) is 0 Å². The molecule has 0 saturated carbocycles. The average Bonchev–Trinajstić information content (AvgIpc) is 2.49. The van der Waals surface area contributed by atoms with Crippen molar-refractivity contribution in [3.63, 3.8) is 0 Å². The van der Waals surface area contributed by atoms with Gasteiger partial charge in [0.15, 0.2) is 0 Å². The van der Waals surface area contributed by atoms with Crippen LogP contribution < -0.4 is 15.4 Å². The van der Waals surface area contributed by atoms with Crippen molar-refractivity contribution in [3.8, 4) is 5.88 Å². The van der Waals surface area contributed by atoms with E-state index in [1.54, 1.807) is 18.3 Å². The largest absolute Gasteiger partial charge is 0.480 e. The van der Waals surface area contributed by atoms with Gasteiger partial charge in [-0.25, -0.2) is 4.98 Å². The number of methoxy groups -OCH3 is 1. The van der Waals surface area contributed by atoms with E-state index < -0.39 is 0 Å². The highest BCUT2D eigenvalue weighted by atomic mass is 16.5. The van der Waals surface area contributed by atoms with Crippen LogP contribution in [-0.4, -0.2) is 43.8 Å². The molecule has 0 spiro atoms. The summed E-state index contributed by atoms with van der Waals surface area (Å²) >= 11 is 0. The zero-order valence-electron chi connectivity index (χ0n) is 11.7. The molecule has 0 aromatic carbocycles. The first-order chi connectivity index (χ1) is 9.79. The number of anilines is 1. The monoisotopic (exact) mass is 279 g/mol. The Balaban J connectivity index is 1.72. The van der Waals surface area contributed by atoms with Crippen molar-refractivity contribution in [1.82, 2.24) is 10.3 Å². The van der Waals surface area contributed by atoms with Gasteiger partial charge in [0.05, 0.1) is 26.2 Å². The second-order valence-corrected chi connectivity index (χ2v) is 4.68. The second kappa shape index (κ2) is 7.81. The second-order valence-electron chi connectivity index (χ2n) is 4.68. The number of rotatable bonds is 6. The first-order valence-corrected chi connectivity index (χ1v) is 6.91. The summed E-state index contributed by atoms with van der Waals surface area (Å²) < 4.78 is 10.8. The van der Waals surface area contributed by atoms with E-state index in [1.165, 1.54) is 7.11 Å². The molecule has 6 heteroatoms. The van der Waals surface area contributed by atoms with Crippen molar-refractivity contribution in [3.05, 3.63) is 18.3 Å². The molecule has 1 fully saturated rings. The van der Waals surface area contributed by atoms with Gasteiger partial charge in [0.1, 0.15) is 5.69 Å². The number of pyridine rings is 1. The van der Waals surface area contributed by atoms with Crippen LogP contribution in [-0.2, 0) is 9.53 Å². The van der Waals surface area contributed by atoms with Crippen molar-refractivity contribution in [2.75, 3.05) is 32.1 Å². The Morgan fingerprint density at radius 3 is 3.05 bits per heavy atom. The first kappa shape index (κ1) is 14.7. The minimum absolute atomic E-state index is 0.0924. The van der Waals surface area contributed by atoms with E-state index in [9.17, 15) is 4.79 Å². The van der Waals surface area contributed by atoms with Gasteiger partial charge in [0, 0.05) is 6.20 Å². The molecule has 1 aromatic heterocycles. The van der Waals surface area contributed by atoms with Crippen LogP contribution in [0.25, 0.3) is 0 Å². The molecule has 0 unspecified atom stereocenters. The molecule has 110 valence electrons. The van der Waals surface area contributed by atoms with Gasteiger partial charge in [-0.3, -0.25) is 4.79 Å². The van der Waals surface area contributed by atoms with Crippen LogP contribution >= 0.6 is 0 Å². The number of hydrogen-bond acceptors (Lipinski definition) is 5. The topological polar surface area (TPSA) is 72.5 Å². The SMILES string of the molecule is COc1ncccc1NC(=O)CCOC1CCNCC1. The van der Waals surface area contributed by atoms with E-state index in [2.05, 4.69) is 15.6 Å². The fourth-order valence-electron chi connectivity index (χ4n) is 2.14. The smallest absolute Gasteiger partial charge is 0.237 e. The van der Waals surface area contributed by atoms with Crippen molar-refractivity contribution in [2.45, 2.75) is 25.4 Å². The zero-order valence-corrected chi connectivity index (χ0v) is 11.7. The van der Waals surface area contributed by atoms with Crippen molar-refractivity contribution < 1.29 is 14.3 Å². The summed E-state index contributed by atoms with van der Waals surface area (Å²) in [5.74, 6) is 0.324. The summed E-state index contributed by atoms with van der Waals surface area (Å²) in [4.78, 5) is 15.9. The third kappa shape index (κ3) is 4.47. The van der Waals surface area contributed by atoms with Gasteiger partial charge < -0.3 is 20.1 Å². The average molecular weight is 279 g/mol. The first-order valence-electron chi connectivity index (χ1n) is 6.91. The Labute approximate surface area is 118 Å². The highest BCUT2D eigenvalue weighted by molar-refractivity contribution is 5.91. The maximum Gasteiger partial charge on any atom is 0.237 e. The predicted molar refractivity (Wildman–Crippen MR) is 75.9 cm³/mol. The molecule has 6 nitrogen and oxygen atoms in total. The number of amides is 1. The number of nitrogens with zero attached hydrogens (tertiary/aromatic N) is 1. The third-order valence-electron chi connectivity index (χ3n) is 3.21. The van der Waals surface area contributed by atoms with Crippen LogP contribution in [0.3, 0.4) is 0 Å². The van der Waals surface area contributed by atoms with E-state index in [0.29, 0.717) is 24.6 Å². The number of piperidine rings is 1. The Kier molecular flexibility index (Phi) is 5.76. The molecule has 2 rings (SSSR count). The maximum absolute atomic E-state index is 11.8. The van der Waals surface area contributed by atoms with Crippen molar-refractivity contribution >= 4 is 11.6 Å². The van der Waals surface area contributed by atoms with Crippen LogP contribution in [0.1, 0.15) is 19.3 Å². The molecule has 1 amide bonds. The summed E-state index contributed by atoms with van der Waals surface area (Å²) in [6.07, 6.45) is 4.25. The van der Waals surface area contributed by atoms with E-state index in [4.69, 9.17) is 9.47 Å². The van der Waals surface area contributed by atoms with E-state index in [1.807, 2.05) is 0 Å². The Morgan fingerprint density at radius 1 is 1.50 bits per heavy atom. The lowest BCUT2D eigenvalue weighted by Crippen LogP contribution is -2.33. The van der Waals surface area contributed by atoms with Crippen molar-refractivity contribution in [1.29, 1.82) is 0 Å². The molecule has 2 N–H and O–H groups in total. The number of aromatic nitrogens is 1. The Bertz CT molecular complexity index is 433. The van der Waals surface area contributed by atoms with E-state index in [0.717, 1.165) is 25.9 Å². The minimum Gasteiger partial charge on any atom is -0.480 e. The maximum atomic E-state index is 11.8. The number of hydrogen-bond donors (Lipinski definition) is 2. The number of nitrogens with one attached hydrogen (secondary N) is 2. The summed E-state index contributed by atoms with van der Waals surface area (Å²) in [5, 5.41) is 6.06. The molecule has 1 aliphatic heterocycles. The number of carbonyl (C=O) groups is 1. The van der Waals surface area contributed by atoms with Crippen LogP contribution in [0.15, 0.2) is 18.3 Å². The lowest BCUT2D eigenvalue weighted by atomic mass is 10.1. The molecular formula is C14H21N3O3. The van der Waals surface area contributed by atoms with E-state index in [-0.39, 0.29) is 12.0 Å². The molecule has 0 atom stereocenters. The van der Waals surface area contributed by atoms with Gasteiger partial charge in [-0.1, -0.05) is 0 Å². The quantitative estimate of drug-likeness (QED) is 0.818. The molecule has 0 radical (unpaired) electrons. The lowest BCUT2D eigenvalue weighted by Gasteiger charge is -2.22. The van der Waals surface area contributed by atoms with Gasteiger partial charge in [0.2, 0.25) is 11.8 Å².